The number of nitrogens with one attached hydrogen (secondary N) is 1. The first kappa shape index (κ1) is 18.1. The third-order valence-electron chi connectivity index (χ3n) is 5.21. The van der Waals surface area contributed by atoms with Crippen LogP contribution in [0, 0.1) is 5.41 Å². The number of β-amino-alcohol motifs (C(OH)–C–C–N with tert-alkyl or cyclic N) is 1. The Morgan fingerprint density at radius 2 is 2.04 bits per heavy atom. The van der Waals surface area contributed by atoms with Gasteiger partial charge in [0.15, 0.2) is 0 Å². The van der Waals surface area contributed by atoms with Crippen LogP contribution in [0.3, 0.4) is 0 Å². The van der Waals surface area contributed by atoms with Gasteiger partial charge in [-0.2, -0.15) is 5.10 Å². The van der Waals surface area contributed by atoms with Crippen LogP contribution in [0.15, 0.2) is 36.5 Å². The molecule has 7 nitrogen and oxygen atoms in total. The number of carboxylic acid groups (broad SMARTS) is 1. The summed E-state index contributed by atoms with van der Waals surface area (Å²) in [6, 6.07) is 8.97. The Kier molecular flexibility index (Phi) is 5.08. The second-order valence-corrected chi connectivity index (χ2v) is 6.78. The van der Waals surface area contributed by atoms with Crippen LogP contribution in [0.1, 0.15) is 36.5 Å². The maximum Gasteiger partial charge on any atom is 0.312 e. The molecule has 1 aromatic heterocycles. The van der Waals surface area contributed by atoms with Crippen LogP contribution in [0.5, 0.6) is 0 Å². The minimum atomic E-state index is -1.16. The van der Waals surface area contributed by atoms with Crippen LogP contribution in [0.4, 0.5) is 0 Å². The van der Waals surface area contributed by atoms with Crippen molar-refractivity contribution in [2.24, 2.45) is 5.41 Å². The first-order valence-electron chi connectivity index (χ1n) is 8.78. The van der Waals surface area contributed by atoms with Crippen molar-refractivity contribution in [3.05, 3.63) is 42.1 Å². The van der Waals surface area contributed by atoms with Gasteiger partial charge in [-0.05, 0) is 36.6 Å². The normalized spacial score (nSPS) is 23.0. The van der Waals surface area contributed by atoms with Crippen LogP contribution in [0.25, 0.3) is 11.3 Å². The molecule has 0 radical (unpaired) electrons. The topological polar surface area (TPSA) is 107 Å². The van der Waals surface area contributed by atoms with E-state index in [0.717, 1.165) is 11.3 Å². The van der Waals surface area contributed by atoms with Gasteiger partial charge in [0.2, 0.25) is 0 Å². The monoisotopic (exact) mass is 357 g/mol. The van der Waals surface area contributed by atoms with Gasteiger partial charge in [-0.15, -0.1) is 0 Å². The minimum absolute atomic E-state index is 0.0352. The number of carboxylic acids is 1. The van der Waals surface area contributed by atoms with E-state index in [9.17, 15) is 19.8 Å². The third kappa shape index (κ3) is 3.22. The molecule has 0 saturated carbocycles. The lowest BCUT2D eigenvalue weighted by Crippen LogP contribution is -2.56. The van der Waals surface area contributed by atoms with E-state index in [2.05, 4.69) is 10.2 Å². The second-order valence-electron chi connectivity index (χ2n) is 6.78. The van der Waals surface area contributed by atoms with Gasteiger partial charge in [0.1, 0.15) is 0 Å². The molecule has 0 aliphatic carbocycles. The number of hydrogen-bond donors (Lipinski definition) is 3. The number of piperidine rings is 1. The second kappa shape index (κ2) is 7.29. The van der Waals surface area contributed by atoms with Crippen molar-refractivity contribution in [1.29, 1.82) is 0 Å². The zero-order valence-electron chi connectivity index (χ0n) is 14.7. The summed E-state index contributed by atoms with van der Waals surface area (Å²) < 4.78 is 0. The lowest BCUT2D eigenvalue weighted by atomic mass is 9.72. The van der Waals surface area contributed by atoms with Gasteiger partial charge < -0.3 is 15.1 Å². The first-order chi connectivity index (χ1) is 12.5. The minimum Gasteiger partial charge on any atom is -0.481 e. The molecule has 1 aromatic carbocycles. The largest absolute Gasteiger partial charge is 0.481 e. The fourth-order valence-corrected chi connectivity index (χ4v) is 3.65. The van der Waals surface area contributed by atoms with Crippen LogP contribution >= 0.6 is 0 Å². The predicted molar refractivity (Wildman–Crippen MR) is 95.5 cm³/mol. The number of carbonyl (C=O) groups is 2. The molecule has 3 N–H and O–H groups in total. The molecule has 0 unspecified atom stereocenters. The van der Waals surface area contributed by atoms with Gasteiger partial charge in [0, 0.05) is 24.8 Å². The van der Waals surface area contributed by atoms with Crippen LogP contribution in [0.2, 0.25) is 0 Å². The summed E-state index contributed by atoms with van der Waals surface area (Å²) in [5.74, 6) is -1.18. The maximum atomic E-state index is 12.7. The van der Waals surface area contributed by atoms with Gasteiger partial charge in [0.25, 0.3) is 5.91 Å². The fourth-order valence-electron chi connectivity index (χ4n) is 3.65. The predicted octanol–water partition coefficient (Wildman–Crippen LogP) is 2.15. The number of amides is 1. The number of rotatable bonds is 5. The van der Waals surface area contributed by atoms with E-state index in [1.807, 2.05) is 25.1 Å². The highest BCUT2D eigenvalue weighted by Gasteiger charge is 2.48. The molecule has 1 aliphatic rings. The average Bonchev–Trinajstić information content (AvgIpc) is 3.17. The number of benzene rings is 1. The molecule has 26 heavy (non-hydrogen) atoms. The number of likely N-dealkylation sites (tertiary alicyclic amines) is 1. The number of aromatic nitrogens is 2. The fraction of sp³-hybridized carbons (Fsp3) is 0.421. The Labute approximate surface area is 151 Å². The van der Waals surface area contributed by atoms with Crippen LogP contribution < -0.4 is 0 Å². The van der Waals surface area contributed by atoms with Crippen molar-refractivity contribution in [3.63, 3.8) is 0 Å². The molecule has 1 aliphatic heterocycles. The van der Waals surface area contributed by atoms with E-state index in [0.29, 0.717) is 24.9 Å². The van der Waals surface area contributed by atoms with Crippen LogP contribution in [-0.4, -0.2) is 56.4 Å². The molecule has 2 heterocycles. The number of hydrogen-bond acceptors (Lipinski definition) is 4. The van der Waals surface area contributed by atoms with Gasteiger partial charge in [-0.1, -0.05) is 25.5 Å². The van der Waals surface area contributed by atoms with E-state index >= 15 is 0 Å². The van der Waals surface area contributed by atoms with Gasteiger partial charge in [-0.25, -0.2) is 0 Å². The quantitative estimate of drug-likeness (QED) is 0.760. The Morgan fingerprint density at radius 1 is 1.31 bits per heavy atom. The molecule has 138 valence electrons. The molecule has 1 saturated heterocycles. The lowest BCUT2D eigenvalue weighted by Gasteiger charge is -2.42. The molecular formula is C19H23N3O4. The van der Waals surface area contributed by atoms with E-state index in [-0.39, 0.29) is 18.9 Å². The number of aliphatic hydroxyl groups excluding tert-OH is 1. The maximum absolute atomic E-state index is 12.7. The number of aromatic amines is 1. The summed E-state index contributed by atoms with van der Waals surface area (Å²) in [7, 11) is 0. The summed E-state index contributed by atoms with van der Waals surface area (Å²) in [6.07, 6.45) is 1.93. The zero-order chi connectivity index (χ0) is 18.7. The van der Waals surface area contributed by atoms with Crippen molar-refractivity contribution in [2.45, 2.75) is 32.3 Å². The summed E-state index contributed by atoms with van der Waals surface area (Å²) in [4.78, 5) is 26.0. The number of aliphatic hydroxyl groups is 1. The highest BCUT2D eigenvalue weighted by Crippen LogP contribution is 2.37. The zero-order valence-corrected chi connectivity index (χ0v) is 14.7. The summed E-state index contributed by atoms with van der Waals surface area (Å²) >= 11 is 0. The highest BCUT2D eigenvalue weighted by atomic mass is 16.4. The first-order valence-corrected chi connectivity index (χ1v) is 8.78. The molecule has 0 bridgehead atoms. The van der Waals surface area contributed by atoms with Crippen molar-refractivity contribution in [3.8, 4) is 11.3 Å². The van der Waals surface area contributed by atoms with Crippen LogP contribution in [-0.2, 0) is 4.79 Å². The third-order valence-corrected chi connectivity index (χ3v) is 5.21. The van der Waals surface area contributed by atoms with E-state index in [4.69, 9.17) is 0 Å². The van der Waals surface area contributed by atoms with E-state index in [1.54, 1.807) is 18.3 Å². The number of H-pyrrole nitrogens is 1. The Bertz CT molecular complexity index is 773. The SMILES string of the molecule is CCC[C@]1(C(=O)O)CCN(C(=O)c2ccc(-c3ccn[nH]3)cc2)C[C@@H]1O. The van der Waals surface area contributed by atoms with Gasteiger partial charge in [0.05, 0.1) is 17.2 Å². The summed E-state index contributed by atoms with van der Waals surface area (Å²) in [5.41, 5.74) is 1.14. The molecule has 1 amide bonds. The number of carbonyl (C=O) groups excluding carboxylic acids is 1. The number of aliphatic carboxylic acids is 1. The average molecular weight is 357 g/mol. The summed E-state index contributed by atoms with van der Waals surface area (Å²) in [5, 5.41) is 26.8. The molecule has 3 rings (SSSR count). The van der Waals surface area contributed by atoms with Crippen molar-refractivity contribution in [1.82, 2.24) is 15.1 Å². The Balaban J connectivity index is 1.72. The van der Waals surface area contributed by atoms with E-state index in [1.165, 1.54) is 4.90 Å². The van der Waals surface area contributed by atoms with Gasteiger partial charge in [-0.3, -0.25) is 14.7 Å². The summed E-state index contributed by atoms with van der Waals surface area (Å²) in [6.45, 7) is 2.26. The molecule has 0 spiro atoms. The Hall–Kier alpha value is -2.67. The molecule has 2 atom stereocenters. The molecule has 2 aromatic rings. The van der Waals surface area contributed by atoms with Crippen molar-refractivity contribution in [2.75, 3.05) is 13.1 Å². The number of nitrogens with zero attached hydrogens (tertiary/aromatic N) is 2. The highest BCUT2D eigenvalue weighted by molar-refractivity contribution is 5.95. The van der Waals surface area contributed by atoms with Gasteiger partial charge >= 0.3 is 5.97 Å². The van der Waals surface area contributed by atoms with E-state index < -0.39 is 17.5 Å². The lowest BCUT2D eigenvalue weighted by molar-refractivity contribution is -0.162. The van der Waals surface area contributed by atoms with Crippen molar-refractivity contribution >= 4 is 11.9 Å². The molecular weight excluding hydrogens is 334 g/mol. The Morgan fingerprint density at radius 3 is 2.58 bits per heavy atom. The standard InChI is InChI=1S/C19H23N3O4/c1-2-8-19(18(25)26)9-11-22(12-16(19)23)17(24)14-5-3-13(4-6-14)15-7-10-20-21-15/h3-7,10,16,23H,2,8-9,11-12H2,1H3,(H,20,21)(H,25,26)/t16-,19-/m0/s1. The molecule has 7 heteroatoms. The van der Waals surface area contributed by atoms with Crippen molar-refractivity contribution < 1.29 is 19.8 Å². The smallest absolute Gasteiger partial charge is 0.312 e. The molecule has 1 fully saturated rings.